The van der Waals surface area contributed by atoms with Crippen molar-refractivity contribution in [3.05, 3.63) is 0 Å². The second kappa shape index (κ2) is 6.27. The van der Waals surface area contributed by atoms with Gasteiger partial charge in [0.2, 0.25) is 5.95 Å². The van der Waals surface area contributed by atoms with Crippen LogP contribution in [0, 0.1) is 5.92 Å². The molecule has 0 unspecified atom stereocenters. The Morgan fingerprint density at radius 1 is 1.47 bits per heavy atom. The lowest BCUT2D eigenvalue weighted by molar-refractivity contribution is -0.133. The lowest BCUT2D eigenvalue weighted by Gasteiger charge is -2.22. The number of rotatable bonds is 8. The largest absolute Gasteiger partial charge is 0.481 e. The van der Waals surface area contributed by atoms with E-state index in [0.717, 1.165) is 31.5 Å². The van der Waals surface area contributed by atoms with Gasteiger partial charge in [0.05, 0.1) is 5.75 Å². The molecule has 19 heavy (non-hydrogen) atoms. The van der Waals surface area contributed by atoms with Crippen molar-refractivity contribution in [2.45, 2.75) is 38.4 Å². The molecule has 0 radical (unpaired) electrons. The molecule has 0 aromatic carbocycles. The highest BCUT2D eigenvalue weighted by Crippen LogP contribution is 2.31. The number of anilines is 1. The monoisotopic (exact) mass is 284 g/mol. The smallest absolute Gasteiger partial charge is 0.313 e. The first-order valence-electron chi connectivity index (χ1n) is 6.68. The lowest BCUT2D eigenvalue weighted by Crippen LogP contribution is -2.28. The van der Waals surface area contributed by atoms with E-state index < -0.39 is 5.97 Å². The molecule has 1 fully saturated rings. The van der Waals surface area contributed by atoms with E-state index in [1.54, 1.807) is 0 Å². The second-order valence-electron chi connectivity index (χ2n) is 4.69. The van der Waals surface area contributed by atoms with Gasteiger partial charge in [0, 0.05) is 19.6 Å². The van der Waals surface area contributed by atoms with Gasteiger partial charge in [-0.1, -0.05) is 11.8 Å². The van der Waals surface area contributed by atoms with Crippen molar-refractivity contribution in [3.8, 4) is 0 Å². The Balaban J connectivity index is 2.11. The van der Waals surface area contributed by atoms with E-state index in [1.807, 2.05) is 11.5 Å². The Labute approximate surface area is 117 Å². The summed E-state index contributed by atoms with van der Waals surface area (Å²) in [5.41, 5.74) is 0. The molecule has 1 saturated carbocycles. The van der Waals surface area contributed by atoms with Crippen LogP contribution in [0.25, 0.3) is 0 Å². The summed E-state index contributed by atoms with van der Waals surface area (Å²) >= 11 is 1.23. The molecule has 0 bridgehead atoms. The van der Waals surface area contributed by atoms with Crippen LogP contribution in [0.4, 0.5) is 5.95 Å². The number of aromatic nitrogens is 3. The average Bonchev–Trinajstić information content (AvgIpc) is 3.11. The summed E-state index contributed by atoms with van der Waals surface area (Å²) in [6, 6.07) is 0. The molecule has 2 rings (SSSR count). The zero-order chi connectivity index (χ0) is 13.8. The molecule has 0 spiro atoms. The van der Waals surface area contributed by atoms with Crippen LogP contribution in [-0.4, -0.2) is 44.7 Å². The zero-order valence-corrected chi connectivity index (χ0v) is 12.2. The van der Waals surface area contributed by atoms with Gasteiger partial charge in [-0.15, -0.1) is 10.2 Å². The third-order valence-electron chi connectivity index (χ3n) is 3.18. The average molecular weight is 284 g/mol. The van der Waals surface area contributed by atoms with E-state index in [-0.39, 0.29) is 5.75 Å². The summed E-state index contributed by atoms with van der Waals surface area (Å²) in [5.74, 6) is 0.844. The SMILES string of the molecule is CCN(CC1CC1)c1nnc(SCC(=O)O)n1CC. The topological polar surface area (TPSA) is 71.2 Å². The number of carboxylic acids is 1. The maximum Gasteiger partial charge on any atom is 0.313 e. The van der Waals surface area contributed by atoms with Crippen molar-refractivity contribution in [1.29, 1.82) is 0 Å². The Morgan fingerprint density at radius 3 is 2.74 bits per heavy atom. The van der Waals surface area contributed by atoms with Crippen LogP contribution >= 0.6 is 11.8 Å². The van der Waals surface area contributed by atoms with Gasteiger partial charge < -0.3 is 10.0 Å². The summed E-state index contributed by atoms with van der Waals surface area (Å²) in [4.78, 5) is 12.9. The first-order chi connectivity index (χ1) is 9.15. The third kappa shape index (κ3) is 3.62. The fraction of sp³-hybridized carbons (Fsp3) is 0.750. The van der Waals surface area contributed by atoms with Gasteiger partial charge in [-0.05, 0) is 32.6 Å². The highest BCUT2D eigenvalue weighted by atomic mass is 32.2. The minimum absolute atomic E-state index is 0.0207. The van der Waals surface area contributed by atoms with Gasteiger partial charge in [0.1, 0.15) is 0 Å². The van der Waals surface area contributed by atoms with Gasteiger partial charge in [-0.2, -0.15) is 0 Å². The third-order valence-corrected chi connectivity index (χ3v) is 4.13. The minimum Gasteiger partial charge on any atom is -0.481 e. The molecule has 1 N–H and O–H groups in total. The van der Waals surface area contributed by atoms with Gasteiger partial charge in [0.15, 0.2) is 5.16 Å². The standard InChI is InChI=1S/C12H20N4O2S/c1-3-15(7-9-5-6-9)11-13-14-12(16(11)4-2)19-8-10(17)18/h9H,3-8H2,1-2H3,(H,17,18). The first kappa shape index (κ1) is 14.2. The van der Waals surface area contributed by atoms with E-state index in [9.17, 15) is 4.79 Å². The van der Waals surface area contributed by atoms with E-state index in [0.29, 0.717) is 5.16 Å². The molecule has 1 heterocycles. The van der Waals surface area contributed by atoms with Crippen LogP contribution in [0.3, 0.4) is 0 Å². The Kier molecular flexibility index (Phi) is 4.68. The minimum atomic E-state index is -0.831. The van der Waals surface area contributed by atoms with E-state index >= 15 is 0 Å². The molecule has 1 aliphatic carbocycles. The van der Waals surface area contributed by atoms with Crippen LogP contribution in [0.1, 0.15) is 26.7 Å². The van der Waals surface area contributed by atoms with E-state index in [4.69, 9.17) is 5.11 Å². The molecule has 1 aromatic rings. The normalized spacial score (nSPS) is 14.6. The Morgan fingerprint density at radius 2 is 2.21 bits per heavy atom. The van der Waals surface area contributed by atoms with Crippen LogP contribution in [-0.2, 0) is 11.3 Å². The summed E-state index contributed by atoms with van der Waals surface area (Å²) in [6.45, 7) is 6.83. The lowest BCUT2D eigenvalue weighted by atomic mass is 10.4. The maximum absolute atomic E-state index is 10.6. The predicted molar refractivity (Wildman–Crippen MR) is 74.7 cm³/mol. The van der Waals surface area contributed by atoms with E-state index in [1.165, 1.54) is 24.6 Å². The van der Waals surface area contributed by atoms with Gasteiger partial charge in [-0.3, -0.25) is 9.36 Å². The molecule has 0 amide bonds. The Bertz CT molecular complexity index is 445. The second-order valence-corrected chi connectivity index (χ2v) is 5.63. The molecule has 0 atom stereocenters. The summed E-state index contributed by atoms with van der Waals surface area (Å²) in [5, 5.41) is 17.8. The molecule has 0 aliphatic heterocycles. The van der Waals surface area contributed by atoms with Crippen LogP contribution < -0.4 is 4.90 Å². The molecular weight excluding hydrogens is 264 g/mol. The van der Waals surface area contributed by atoms with Gasteiger partial charge >= 0.3 is 5.97 Å². The van der Waals surface area contributed by atoms with E-state index in [2.05, 4.69) is 22.0 Å². The summed E-state index contributed by atoms with van der Waals surface area (Å²) < 4.78 is 2.00. The number of thioether (sulfide) groups is 1. The molecule has 1 aliphatic rings. The number of carbonyl (C=O) groups is 1. The molecular formula is C12H20N4O2S. The quantitative estimate of drug-likeness (QED) is 0.733. The number of hydrogen-bond donors (Lipinski definition) is 1. The molecule has 106 valence electrons. The van der Waals surface area contributed by atoms with Crippen LogP contribution in [0.15, 0.2) is 5.16 Å². The van der Waals surface area contributed by atoms with Gasteiger partial charge in [0.25, 0.3) is 0 Å². The molecule has 7 heteroatoms. The fourth-order valence-corrected chi connectivity index (χ4v) is 2.71. The van der Waals surface area contributed by atoms with Crippen molar-refractivity contribution < 1.29 is 9.90 Å². The molecule has 0 saturated heterocycles. The first-order valence-corrected chi connectivity index (χ1v) is 7.67. The number of aliphatic carboxylic acids is 1. The highest BCUT2D eigenvalue weighted by molar-refractivity contribution is 7.99. The summed E-state index contributed by atoms with van der Waals surface area (Å²) in [7, 11) is 0. The van der Waals surface area contributed by atoms with Crippen molar-refractivity contribution in [2.24, 2.45) is 5.92 Å². The molecule has 1 aromatic heterocycles. The van der Waals surface area contributed by atoms with Crippen molar-refractivity contribution in [1.82, 2.24) is 14.8 Å². The maximum atomic E-state index is 10.6. The van der Waals surface area contributed by atoms with Crippen molar-refractivity contribution in [2.75, 3.05) is 23.7 Å². The Hall–Kier alpha value is -1.24. The van der Waals surface area contributed by atoms with Crippen molar-refractivity contribution >= 4 is 23.7 Å². The van der Waals surface area contributed by atoms with Crippen LogP contribution in [0.5, 0.6) is 0 Å². The van der Waals surface area contributed by atoms with Crippen LogP contribution in [0.2, 0.25) is 0 Å². The predicted octanol–water partition coefficient (Wildman–Crippen LogP) is 1.71. The fourth-order valence-electron chi connectivity index (χ4n) is 1.99. The van der Waals surface area contributed by atoms with Crippen molar-refractivity contribution in [3.63, 3.8) is 0 Å². The number of carboxylic acid groups (broad SMARTS) is 1. The number of nitrogens with zero attached hydrogens (tertiary/aromatic N) is 4. The number of hydrogen-bond acceptors (Lipinski definition) is 5. The summed E-state index contributed by atoms with van der Waals surface area (Å²) in [6.07, 6.45) is 2.61. The van der Waals surface area contributed by atoms with Gasteiger partial charge in [-0.25, -0.2) is 0 Å². The highest BCUT2D eigenvalue weighted by Gasteiger charge is 2.26. The molecule has 6 nitrogen and oxygen atoms in total. The zero-order valence-electron chi connectivity index (χ0n) is 11.4.